The molecule has 0 aliphatic carbocycles. The molecule has 21 heavy (non-hydrogen) atoms. The van der Waals surface area contributed by atoms with E-state index in [0.29, 0.717) is 30.0 Å². The molecule has 112 valence electrons. The zero-order valence-corrected chi connectivity index (χ0v) is 12.9. The maximum absolute atomic E-state index is 11.7. The number of carboxylic acids is 1. The number of carbonyl (C=O) groups is 1. The van der Waals surface area contributed by atoms with Gasteiger partial charge in [0.05, 0.1) is 21.7 Å². The van der Waals surface area contributed by atoms with Gasteiger partial charge < -0.3 is 10.0 Å². The molecule has 0 saturated carbocycles. The first-order valence-corrected chi connectivity index (χ1v) is 7.59. The Bertz CT molecular complexity index is 578. The molecular formula is C16H19ClN2O2. The fourth-order valence-electron chi connectivity index (χ4n) is 3.19. The molecule has 0 spiro atoms. The van der Waals surface area contributed by atoms with Crippen molar-refractivity contribution in [3.8, 4) is 6.07 Å². The molecule has 0 aromatic heterocycles. The number of hydrogen-bond donors (Lipinski definition) is 1. The van der Waals surface area contributed by atoms with E-state index in [2.05, 4.69) is 6.07 Å². The third-order valence-electron chi connectivity index (χ3n) is 4.20. The number of nitriles is 1. The molecule has 1 aromatic rings. The zero-order valence-electron chi connectivity index (χ0n) is 12.1. The van der Waals surface area contributed by atoms with Gasteiger partial charge in [-0.25, -0.2) is 0 Å². The van der Waals surface area contributed by atoms with Crippen LogP contribution in [0.2, 0.25) is 5.02 Å². The highest BCUT2D eigenvalue weighted by Crippen LogP contribution is 2.38. The molecule has 5 heteroatoms. The monoisotopic (exact) mass is 306 g/mol. The summed E-state index contributed by atoms with van der Waals surface area (Å²) in [6.45, 7) is 3.20. The first-order valence-electron chi connectivity index (χ1n) is 7.21. The standard InChI is InChI=1S/C16H19ClN2O2/c1-2-7-16(15(20)21)8-4-9-19(11-16)14-6-3-5-13(17)12(14)10-18/h3,5-6H,2,4,7-9,11H2,1H3,(H,20,21). The maximum Gasteiger partial charge on any atom is 0.311 e. The lowest BCUT2D eigenvalue weighted by Gasteiger charge is -2.41. The lowest BCUT2D eigenvalue weighted by molar-refractivity contribution is -0.150. The van der Waals surface area contributed by atoms with E-state index in [-0.39, 0.29) is 0 Å². The summed E-state index contributed by atoms with van der Waals surface area (Å²) in [4.78, 5) is 13.7. The molecule has 1 fully saturated rings. The van der Waals surface area contributed by atoms with Crippen LogP contribution >= 0.6 is 11.6 Å². The van der Waals surface area contributed by atoms with Crippen LogP contribution in [0.4, 0.5) is 5.69 Å². The lowest BCUT2D eigenvalue weighted by Crippen LogP contribution is -2.48. The Kier molecular flexibility index (Phi) is 4.74. The average Bonchev–Trinajstić information content (AvgIpc) is 2.47. The Morgan fingerprint density at radius 2 is 2.33 bits per heavy atom. The van der Waals surface area contributed by atoms with Gasteiger partial charge in [-0.15, -0.1) is 0 Å². The molecule has 1 atom stereocenters. The van der Waals surface area contributed by atoms with Gasteiger partial charge in [0.15, 0.2) is 0 Å². The van der Waals surface area contributed by atoms with Gasteiger partial charge in [0.25, 0.3) is 0 Å². The Balaban J connectivity index is 2.36. The van der Waals surface area contributed by atoms with Crippen molar-refractivity contribution >= 4 is 23.3 Å². The Morgan fingerprint density at radius 3 is 2.95 bits per heavy atom. The number of anilines is 1. The molecular weight excluding hydrogens is 288 g/mol. The van der Waals surface area contributed by atoms with Crippen LogP contribution in [0.5, 0.6) is 0 Å². The van der Waals surface area contributed by atoms with Crippen molar-refractivity contribution in [3.05, 3.63) is 28.8 Å². The minimum atomic E-state index is -0.741. The first kappa shape index (κ1) is 15.7. The molecule has 1 saturated heterocycles. The predicted molar refractivity (Wildman–Crippen MR) is 82.6 cm³/mol. The highest BCUT2D eigenvalue weighted by Gasteiger charge is 2.42. The molecule has 1 heterocycles. The van der Waals surface area contributed by atoms with Crippen LogP contribution in [0, 0.1) is 16.7 Å². The summed E-state index contributed by atoms with van der Waals surface area (Å²) < 4.78 is 0. The normalized spacial score (nSPS) is 21.9. The summed E-state index contributed by atoms with van der Waals surface area (Å²) in [6.07, 6.45) is 2.99. The lowest BCUT2D eigenvalue weighted by atomic mass is 9.76. The van der Waals surface area contributed by atoms with E-state index in [0.717, 1.165) is 25.1 Å². The van der Waals surface area contributed by atoms with Crippen LogP contribution in [0.1, 0.15) is 38.2 Å². The summed E-state index contributed by atoms with van der Waals surface area (Å²) in [6, 6.07) is 7.46. The van der Waals surface area contributed by atoms with Crippen molar-refractivity contribution < 1.29 is 9.90 Å². The number of aliphatic carboxylic acids is 1. The van der Waals surface area contributed by atoms with Gasteiger partial charge in [-0.3, -0.25) is 4.79 Å². The number of hydrogen-bond acceptors (Lipinski definition) is 3. The molecule has 1 aliphatic rings. The van der Waals surface area contributed by atoms with Crippen molar-refractivity contribution in [2.45, 2.75) is 32.6 Å². The number of halogens is 1. The van der Waals surface area contributed by atoms with E-state index in [1.165, 1.54) is 0 Å². The minimum absolute atomic E-state index is 0.414. The average molecular weight is 307 g/mol. The molecule has 1 N–H and O–H groups in total. The SMILES string of the molecule is CCCC1(C(=O)O)CCCN(c2cccc(Cl)c2C#N)C1. The smallest absolute Gasteiger partial charge is 0.311 e. The van der Waals surface area contributed by atoms with Gasteiger partial charge in [0, 0.05) is 13.1 Å². The minimum Gasteiger partial charge on any atom is -0.481 e. The highest BCUT2D eigenvalue weighted by molar-refractivity contribution is 6.32. The predicted octanol–water partition coefficient (Wildman–Crippen LogP) is 3.68. The summed E-state index contributed by atoms with van der Waals surface area (Å²) >= 11 is 6.08. The summed E-state index contributed by atoms with van der Waals surface area (Å²) in [5, 5.41) is 19.4. The number of nitrogens with zero attached hydrogens (tertiary/aromatic N) is 2. The van der Waals surface area contributed by atoms with E-state index in [1.54, 1.807) is 12.1 Å². The molecule has 2 rings (SSSR count). The van der Waals surface area contributed by atoms with Gasteiger partial charge in [-0.2, -0.15) is 5.26 Å². The fourth-order valence-corrected chi connectivity index (χ4v) is 3.40. The third-order valence-corrected chi connectivity index (χ3v) is 4.52. The Hall–Kier alpha value is -1.73. The molecule has 0 radical (unpaired) electrons. The van der Waals surface area contributed by atoms with Crippen molar-refractivity contribution in [3.63, 3.8) is 0 Å². The second-order valence-corrected chi connectivity index (χ2v) is 6.01. The third kappa shape index (κ3) is 2.98. The zero-order chi connectivity index (χ0) is 15.5. The molecule has 1 aliphatic heterocycles. The Morgan fingerprint density at radius 1 is 1.57 bits per heavy atom. The van der Waals surface area contributed by atoms with Crippen molar-refractivity contribution in [1.29, 1.82) is 5.26 Å². The molecule has 0 amide bonds. The van der Waals surface area contributed by atoms with Gasteiger partial charge >= 0.3 is 5.97 Å². The van der Waals surface area contributed by atoms with Gasteiger partial charge in [-0.1, -0.05) is 31.0 Å². The first-order chi connectivity index (χ1) is 10.0. The maximum atomic E-state index is 11.7. The van der Waals surface area contributed by atoms with E-state index >= 15 is 0 Å². The van der Waals surface area contributed by atoms with Crippen LogP contribution in [0.3, 0.4) is 0 Å². The quantitative estimate of drug-likeness (QED) is 0.921. The number of benzene rings is 1. The fraction of sp³-hybridized carbons (Fsp3) is 0.500. The summed E-state index contributed by atoms with van der Waals surface area (Å²) in [5.41, 5.74) is 0.450. The van der Waals surface area contributed by atoms with E-state index < -0.39 is 11.4 Å². The van der Waals surface area contributed by atoms with Crippen molar-refractivity contribution in [2.75, 3.05) is 18.0 Å². The summed E-state index contributed by atoms with van der Waals surface area (Å²) in [5.74, 6) is -0.741. The van der Waals surface area contributed by atoms with E-state index in [4.69, 9.17) is 11.6 Å². The van der Waals surface area contributed by atoms with E-state index in [1.807, 2.05) is 17.9 Å². The Labute approximate surface area is 129 Å². The second kappa shape index (κ2) is 6.36. The van der Waals surface area contributed by atoms with Crippen LogP contribution in [-0.4, -0.2) is 24.2 Å². The second-order valence-electron chi connectivity index (χ2n) is 5.61. The van der Waals surface area contributed by atoms with Crippen LogP contribution in [0.15, 0.2) is 18.2 Å². The van der Waals surface area contributed by atoms with Crippen molar-refractivity contribution in [2.24, 2.45) is 5.41 Å². The van der Waals surface area contributed by atoms with Crippen molar-refractivity contribution in [1.82, 2.24) is 0 Å². The van der Waals surface area contributed by atoms with E-state index in [9.17, 15) is 15.2 Å². The van der Waals surface area contributed by atoms with Crippen LogP contribution < -0.4 is 4.90 Å². The van der Waals surface area contributed by atoms with Gasteiger partial charge in [-0.05, 0) is 31.4 Å². The molecule has 0 bridgehead atoms. The topological polar surface area (TPSA) is 64.3 Å². The number of carboxylic acid groups (broad SMARTS) is 1. The van der Waals surface area contributed by atoms with Crippen LogP contribution in [0.25, 0.3) is 0 Å². The molecule has 1 aromatic carbocycles. The van der Waals surface area contributed by atoms with Gasteiger partial charge in [0.1, 0.15) is 6.07 Å². The number of rotatable bonds is 4. The largest absolute Gasteiger partial charge is 0.481 e. The van der Waals surface area contributed by atoms with Gasteiger partial charge in [0.2, 0.25) is 0 Å². The molecule has 1 unspecified atom stereocenters. The number of piperidine rings is 1. The molecule has 4 nitrogen and oxygen atoms in total. The summed E-state index contributed by atoms with van der Waals surface area (Å²) in [7, 11) is 0. The highest BCUT2D eigenvalue weighted by atomic mass is 35.5. The van der Waals surface area contributed by atoms with Crippen LogP contribution in [-0.2, 0) is 4.79 Å².